The molecule has 6 aromatic heterocycles. The van der Waals surface area contributed by atoms with Gasteiger partial charge in [-0.15, -0.1) is 0 Å². The predicted molar refractivity (Wildman–Crippen MR) is 194 cm³/mol. The maximum Gasteiger partial charge on any atom is 0.252 e. The van der Waals surface area contributed by atoms with E-state index in [9.17, 15) is 0 Å². The van der Waals surface area contributed by atoms with Gasteiger partial charge in [-0.3, -0.25) is 4.98 Å². The van der Waals surface area contributed by atoms with Crippen molar-refractivity contribution in [1.82, 2.24) is 39.0 Å². The smallest absolute Gasteiger partial charge is 0.252 e. The maximum absolute atomic E-state index is 6.17. The molecule has 0 bridgehead atoms. The molecule has 0 atom stereocenters. The van der Waals surface area contributed by atoms with Crippen molar-refractivity contribution in [2.75, 3.05) is 12.8 Å². The van der Waals surface area contributed by atoms with Crippen molar-refractivity contribution in [2.24, 2.45) is 7.05 Å². The molecular formula is C39H31N9O3. The van der Waals surface area contributed by atoms with E-state index in [1.165, 1.54) is 6.33 Å². The fourth-order valence-corrected chi connectivity index (χ4v) is 5.86. The van der Waals surface area contributed by atoms with Crippen LogP contribution < -0.4 is 10.5 Å². The topological polar surface area (TPSA) is 149 Å². The van der Waals surface area contributed by atoms with Crippen molar-refractivity contribution >= 4 is 28.0 Å². The number of hydrogen-bond donors (Lipinski definition) is 1. The summed E-state index contributed by atoms with van der Waals surface area (Å²) in [6.07, 6.45) is 8.50. The third kappa shape index (κ3) is 6.17. The SMILES string of the molecule is COc1ccc(Cn2cnc(-c3ccccc3)c2-c2cc3cnccc3o2)cc1.Cn1cnc(-c2ccccc2)c1-c1nc2c(N)ncnc2o1. The number of nitrogens with two attached hydrogens (primary N) is 1. The number of aromatic nitrogens is 8. The summed E-state index contributed by atoms with van der Waals surface area (Å²) in [7, 11) is 3.56. The zero-order valence-electron chi connectivity index (χ0n) is 27.7. The third-order valence-electron chi connectivity index (χ3n) is 8.36. The van der Waals surface area contributed by atoms with Crippen molar-refractivity contribution in [3.05, 3.63) is 134 Å². The number of nitrogen functional groups attached to an aromatic ring is 1. The predicted octanol–water partition coefficient (Wildman–Crippen LogP) is 7.68. The Labute approximate surface area is 291 Å². The summed E-state index contributed by atoms with van der Waals surface area (Å²) in [5.74, 6) is 2.33. The molecule has 12 nitrogen and oxygen atoms in total. The largest absolute Gasteiger partial charge is 0.497 e. The van der Waals surface area contributed by atoms with Crippen LogP contribution in [0, 0.1) is 0 Å². The van der Waals surface area contributed by atoms with Gasteiger partial charge in [-0.05, 0) is 29.8 Å². The highest BCUT2D eigenvalue weighted by Gasteiger charge is 2.21. The van der Waals surface area contributed by atoms with Crippen LogP contribution in [0.25, 0.3) is 67.8 Å². The monoisotopic (exact) mass is 673 g/mol. The average molecular weight is 674 g/mol. The quantitative estimate of drug-likeness (QED) is 0.178. The molecule has 0 aliphatic carbocycles. The molecule has 0 fully saturated rings. The molecule has 250 valence electrons. The minimum Gasteiger partial charge on any atom is -0.497 e. The second-order valence-corrected chi connectivity index (χ2v) is 11.7. The van der Waals surface area contributed by atoms with Gasteiger partial charge in [-0.2, -0.15) is 4.98 Å². The number of rotatable bonds is 7. The molecule has 0 unspecified atom stereocenters. The number of hydrogen-bond acceptors (Lipinski definition) is 10. The van der Waals surface area contributed by atoms with Gasteiger partial charge in [0.2, 0.25) is 5.89 Å². The molecule has 0 spiro atoms. The molecule has 0 saturated heterocycles. The summed E-state index contributed by atoms with van der Waals surface area (Å²) >= 11 is 0. The van der Waals surface area contributed by atoms with Crippen molar-refractivity contribution in [1.29, 1.82) is 0 Å². The number of furan rings is 1. The fraction of sp³-hybridized carbons (Fsp3) is 0.0769. The minimum absolute atomic E-state index is 0.295. The zero-order valence-corrected chi connectivity index (χ0v) is 27.7. The van der Waals surface area contributed by atoms with Crippen LogP contribution in [-0.2, 0) is 13.6 Å². The molecule has 3 aromatic carbocycles. The first-order valence-corrected chi connectivity index (χ1v) is 16.1. The van der Waals surface area contributed by atoms with Crippen LogP contribution in [-0.4, -0.2) is 46.1 Å². The van der Waals surface area contributed by atoms with E-state index < -0.39 is 0 Å². The first kappa shape index (κ1) is 31.2. The van der Waals surface area contributed by atoms with E-state index in [2.05, 4.69) is 53.8 Å². The Kier molecular flexibility index (Phi) is 8.22. The van der Waals surface area contributed by atoms with Gasteiger partial charge in [0.1, 0.15) is 34.7 Å². The molecule has 9 aromatic rings. The highest BCUT2D eigenvalue weighted by molar-refractivity contribution is 5.86. The summed E-state index contributed by atoms with van der Waals surface area (Å²) in [5.41, 5.74) is 14.0. The van der Waals surface area contributed by atoms with E-state index in [0.717, 1.165) is 61.9 Å². The first-order valence-electron chi connectivity index (χ1n) is 16.1. The lowest BCUT2D eigenvalue weighted by Gasteiger charge is -2.09. The number of aryl methyl sites for hydroxylation is 1. The number of benzene rings is 3. The van der Waals surface area contributed by atoms with E-state index in [-0.39, 0.29) is 0 Å². The van der Waals surface area contributed by atoms with Gasteiger partial charge >= 0.3 is 0 Å². The summed E-state index contributed by atoms with van der Waals surface area (Å²) in [4.78, 5) is 25.8. The van der Waals surface area contributed by atoms with Crippen molar-refractivity contribution < 1.29 is 13.6 Å². The Morgan fingerprint density at radius 3 is 2.16 bits per heavy atom. The Morgan fingerprint density at radius 1 is 0.765 bits per heavy atom. The molecule has 0 radical (unpaired) electrons. The van der Waals surface area contributed by atoms with Gasteiger partial charge in [-0.25, -0.2) is 19.9 Å². The minimum atomic E-state index is 0.295. The number of nitrogens with zero attached hydrogens (tertiary/aromatic N) is 8. The second-order valence-electron chi connectivity index (χ2n) is 11.7. The standard InChI is InChI=1S/C24H19N3O2.C15H12N6O/c1-28-20-9-7-17(8-10-20)15-27-16-26-23(18-5-3-2-4-6-18)24(27)22-13-19-14-25-12-11-21(19)29-22;1-21-8-19-10(9-5-3-2-4-6-9)12(21)15-20-11-13(16)17-7-18-14(11)22-15/h2-14,16H,15H2,1H3;2-8H,1H3,(H2,16,17,18). The summed E-state index contributed by atoms with van der Waals surface area (Å²) in [5, 5.41) is 0.971. The van der Waals surface area contributed by atoms with Crippen molar-refractivity contribution in [3.8, 4) is 51.3 Å². The average Bonchev–Trinajstić information content (AvgIpc) is 3.98. The van der Waals surface area contributed by atoms with E-state index in [1.54, 1.807) is 19.6 Å². The number of anilines is 1. The van der Waals surface area contributed by atoms with Gasteiger partial charge < -0.3 is 28.4 Å². The molecule has 12 heteroatoms. The van der Waals surface area contributed by atoms with Gasteiger partial charge in [0, 0.05) is 42.5 Å². The molecule has 6 heterocycles. The van der Waals surface area contributed by atoms with Gasteiger partial charge in [0.25, 0.3) is 5.71 Å². The van der Waals surface area contributed by atoms with Crippen LogP contribution in [0.4, 0.5) is 5.82 Å². The number of oxazole rings is 1. The number of pyridine rings is 1. The van der Waals surface area contributed by atoms with E-state index in [1.807, 2.05) is 96.9 Å². The maximum atomic E-state index is 6.17. The van der Waals surface area contributed by atoms with Crippen LogP contribution in [0.5, 0.6) is 5.75 Å². The molecule has 0 amide bonds. The number of fused-ring (bicyclic) bond motifs is 2. The second kappa shape index (κ2) is 13.4. The van der Waals surface area contributed by atoms with E-state index in [0.29, 0.717) is 29.5 Å². The Balaban J connectivity index is 0.000000152. The zero-order chi connectivity index (χ0) is 34.7. The Hall–Kier alpha value is -7.08. The van der Waals surface area contributed by atoms with Crippen molar-refractivity contribution in [2.45, 2.75) is 6.54 Å². The highest BCUT2D eigenvalue weighted by Crippen LogP contribution is 2.35. The molecule has 51 heavy (non-hydrogen) atoms. The highest BCUT2D eigenvalue weighted by atomic mass is 16.5. The number of imidazole rings is 2. The molecule has 0 aliphatic rings. The van der Waals surface area contributed by atoms with Gasteiger partial charge in [-0.1, -0.05) is 72.8 Å². The van der Waals surface area contributed by atoms with Crippen LogP contribution in [0.3, 0.4) is 0 Å². The third-order valence-corrected chi connectivity index (χ3v) is 8.36. The van der Waals surface area contributed by atoms with Crippen LogP contribution in [0.1, 0.15) is 5.56 Å². The lowest BCUT2D eigenvalue weighted by atomic mass is 10.1. The lowest BCUT2D eigenvalue weighted by Crippen LogP contribution is -2.00. The number of ether oxygens (including phenoxy) is 1. The summed E-state index contributed by atoms with van der Waals surface area (Å²) in [6.45, 7) is 0.675. The molecule has 0 saturated carbocycles. The van der Waals surface area contributed by atoms with Crippen LogP contribution >= 0.6 is 0 Å². The molecule has 9 rings (SSSR count). The lowest BCUT2D eigenvalue weighted by molar-refractivity contribution is 0.414. The fourth-order valence-electron chi connectivity index (χ4n) is 5.86. The van der Waals surface area contributed by atoms with Crippen LogP contribution in [0.2, 0.25) is 0 Å². The molecule has 2 N–H and O–H groups in total. The summed E-state index contributed by atoms with van der Waals surface area (Å²) < 4.78 is 21.1. The number of methoxy groups -OCH3 is 1. The van der Waals surface area contributed by atoms with Crippen LogP contribution in [0.15, 0.2) is 137 Å². The van der Waals surface area contributed by atoms with Crippen molar-refractivity contribution in [3.63, 3.8) is 0 Å². The first-order chi connectivity index (χ1) is 25.1. The van der Waals surface area contributed by atoms with E-state index >= 15 is 0 Å². The normalized spacial score (nSPS) is 11.1. The Bertz CT molecular complexity index is 2540. The molecule has 0 aliphatic heterocycles. The van der Waals surface area contributed by atoms with E-state index in [4.69, 9.17) is 24.3 Å². The summed E-state index contributed by atoms with van der Waals surface area (Å²) in [6, 6.07) is 32.0. The Morgan fingerprint density at radius 2 is 1.47 bits per heavy atom. The van der Waals surface area contributed by atoms with Gasteiger partial charge in [0.05, 0.1) is 25.5 Å². The van der Waals surface area contributed by atoms with Gasteiger partial charge in [0.15, 0.2) is 17.1 Å². The molecular weight excluding hydrogens is 642 g/mol.